The summed E-state index contributed by atoms with van der Waals surface area (Å²) in [6, 6.07) is 9.92. The Labute approximate surface area is 117 Å². The maximum atomic E-state index is 6.02. The largest absolute Gasteiger partial charge is 0.342 e. The van der Waals surface area contributed by atoms with E-state index in [9.17, 15) is 0 Å². The van der Waals surface area contributed by atoms with Gasteiger partial charge in [0.2, 0.25) is 5.95 Å². The summed E-state index contributed by atoms with van der Waals surface area (Å²) < 4.78 is 1.76. The predicted octanol–water partition coefficient (Wildman–Crippen LogP) is 2.12. The molecule has 0 N–H and O–H groups in total. The van der Waals surface area contributed by atoms with Crippen LogP contribution in [0.5, 0.6) is 0 Å². The molecule has 1 aliphatic rings. The molecule has 0 radical (unpaired) electrons. The smallest absolute Gasteiger partial charge is 0.250 e. The molecule has 1 aliphatic carbocycles. The van der Waals surface area contributed by atoms with Gasteiger partial charge in [-0.3, -0.25) is 0 Å². The van der Waals surface area contributed by atoms with Crippen LogP contribution in [0.3, 0.4) is 0 Å². The summed E-state index contributed by atoms with van der Waals surface area (Å²) in [7, 11) is 2.02. The van der Waals surface area contributed by atoms with Gasteiger partial charge in [0.25, 0.3) is 0 Å². The number of aromatic nitrogens is 4. The van der Waals surface area contributed by atoms with Crippen LogP contribution in [0, 0.1) is 5.92 Å². The van der Waals surface area contributed by atoms with Crippen molar-refractivity contribution in [1.82, 2.24) is 20.2 Å². The van der Waals surface area contributed by atoms with Crippen molar-refractivity contribution in [2.75, 3.05) is 18.5 Å². The minimum Gasteiger partial charge on any atom is -0.342 e. The Bertz CT molecular complexity index is 535. The summed E-state index contributed by atoms with van der Waals surface area (Å²) in [5, 5.41) is 12.3. The molecule has 19 heavy (non-hydrogen) atoms. The molecule has 1 aromatic heterocycles. The number of alkyl halides is 1. The Balaban J connectivity index is 1.76. The average Bonchev–Trinajstić information content (AvgIpc) is 2.87. The summed E-state index contributed by atoms with van der Waals surface area (Å²) in [6.07, 6.45) is 2.16. The molecule has 100 valence electrons. The highest BCUT2D eigenvalue weighted by molar-refractivity contribution is 6.21. The molecule has 1 aromatic carbocycles. The summed E-state index contributed by atoms with van der Waals surface area (Å²) >= 11 is 6.02. The Kier molecular flexibility index (Phi) is 3.38. The van der Waals surface area contributed by atoms with E-state index in [1.54, 1.807) is 4.68 Å². The first-order valence-corrected chi connectivity index (χ1v) is 6.86. The van der Waals surface area contributed by atoms with Gasteiger partial charge in [0.15, 0.2) is 0 Å². The first-order valence-electron chi connectivity index (χ1n) is 6.43. The molecule has 0 saturated heterocycles. The summed E-state index contributed by atoms with van der Waals surface area (Å²) in [6.45, 7) is 0.941. The number of benzene rings is 1. The molecule has 0 spiro atoms. The third kappa shape index (κ3) is 2.56. The van der Waals surface area contributed by atoms with Crippen LogP contribution >= 0.6 is 11.6 Å². The maximum Gasteiger partial charge on any atom is 0.250 e. The minimum atomic E-state index is 0.350. The lowest BCUT2D eigenvalue weighted by atomic mass is 9.84. The van der Waals surface area contributed by atoms with E-state index in [1.165, 1.54) is 0 Å². The molecule has 1 fully saturated rings. The van der Waals surface area contributed by atoms with Crippen LogP contribution in [0.15, 0.2) is 30.3 Å². The zero-order valence-corrected chi connectivity index (χ0v) is 11.5. The van der Waals surface area contributed by atoms with E-state index in [0.717, 1.165) is 31.0 Å². The number of hydrogen-bond acceptors (Lipinski definition) is 4. The summed E-state index contributed by atoms with van der Waals surface area (Å²) in [5.41, 5.74) is 0.971. The maximum absolute atomic E-state index is 6.02. The first kappa shape index (κ1) is 12.4. The molecule has 2 aromatic rings. The SMILES string of the molecule is CN(CC1CC(Cl)C1)c1nnnn1-c1ccccc1. The second kappa shape index (κ2) is 5.17. The van der Waals surface area contributed by atoms with Crippen LogP contribution in [0.1, 0.15) is 12.8 Å². The topological polar surface area (TPSA) is 46.8 Å². The van der Waals surface area contributed by atoms with Crippen molar-refractivity contribution in [2.24, 2.45) is 5.92 Å². The number of anilines is 1. The lowest BCUT2D eigenvalue weighted by Gasteiger charge is -2.34. The predicted molar refractivity (Wildman–Crippen MR) is 74.8 cm³/mol. The molecule has 6 heteroatoms. The van der Waals surface area contributed by atoms with Gasteiger partial charge in [-0.1, -0.05) is 23.3 Å². The fourth-order valence-corrected chi connectivity index (χ4v) is 2.93. The van der Waals surface area contributed by atoms with Crippen LogP contribution in [-0.4, -0.2) is 39.2 Å². The molecule has 3 rings (SSSR count). The van der Waals surface area contributed by atoms with Crippen molar-refractivity contribution >= 4 is 17.5 Å². The minimum absolute atomic E-state index is 0.350. The van der Waals surface area contributed by atoms with Gasteiger partial charge in [-0.25, -0.2) is 0 Å². The van der Waals surface area contributed by atoms with E-state index in [1.807, 2.05) is 37.4 Å². The Hall–Kier alpha value is -1.62. The van der Waals surface area contributed by atoms with Crippen LogP contribution < -0.4 is 4.90 Å². The van der Waals surface area contributed by atoms with Gasteiger partial charge in [-0.05, 0) is 41.3 Å². The molecule has 5 nitrogen and oxygen atoms in total. The van der Waals surface area contributed by atoms with E-state index in [0.29, 0.717) is 11.3 Å². The molecule has 0 aliphatic heterocycles. The Morgan fingerprint density at radius 1 is 1.32 bits per heavy atom. The summed E-state index contributed by atoms with van der Waals surface area (Å²) in [5.74, 6) is 1.41. The molecular formula is C13H16ClN5. The normalized spacial score (nSPS) is 22.0. The molecule has 0 unspecified atom stereocenters. The van der Waals surface area contributed by atoms with Crippen molar-refractivity contribution in [2.45, 2.75) is 18.2 Å². The first-order chi connectivity index (χ1) is 9.24. The number of halogens is 1. The van der Waals surface area contributed by atoms with Crippen molar-refractivity contribution in [3.63, 3.8) is 0 Å². The van der Waals surface area contributed by atoms with Gasteiger partial charge < -0.3 is 4.90 Å². The monoisotopic (exact) mass is 277 g/mol. The fraction of sp³-hybridized carbons (Fsp3) is 0.462. The standard InChI is InChI=1S/C13H16ClN5/c1-18(9-10-7-11(14)8-10)13-15-16-17-19(13)12-5-3-2-4-6-12/h2-6,10-11H,7-9H2,1H3. The number of para-hydroxylation sites is 1. The van der Waals surface area contributed by atoms with Crippen molar-refractivity contribution < 1.29 is 0 Å². The van der Waals surface area contributed by atoms with Crippen LogP contribution in [-0.2, 0) is 0 Å². The lowest BCUT2D eigenvalue weighted by Crippen LogP contribution is -2.35. The average molecular weight is 278 g/mol. The highest BCUT2D eigenvalue weighted by Gasteiger charge is 2.29. The summed E-state index contributed by atoms with van der Waals surface area (Å²) in [4.78, 5) is 2.10. The second-order valence-corrected chi connectivity index (χ2v) is 5.66. The number of nitrogens with zero attached hydrogens (tertiary/aromatic N) is 5. The highest BCUT2D eigenvalue weighted by Crippen LogP contribution is 2.32. The number of tetrazole rings is 1. The van der Waals surface area contributed by atoms with Crippen molar-refractivity contribution in [1.29, 1.82) is 0 Å². The second-order valence-electron chi connectivity index (χ2n) is 5.04. The quantitative estimate of drug-likeness (QED) is 0.803. The molecule has 0 atom stereocenters. The molecule has 0 amide bonds. The molecule has 1 saturated carbocycles. The highest BCUT2D eigenvalue weighted by atomic mass is 35.5. The third-order valence-electron chi connectivity index (χ3n) is 3.51. The van der Waals surface area contributed by atoms with E-state index in [-0.39, 0.29) is 0 Å². The van der Waals surface area contributed by atoms with Crippen LogP contribution in [0.2, 0.25) is 0 Å². The van der Waals surface area contributed by atoms with Gasteiger partial charge in [-0.2, -0.15) is 4.68 Å². The number of rotatable bonds is 4. The molecular weight excluding hydrogens is 262 g/mol. The van der Waals surface area contributed by atoms with Crippen molar-refractivity contribution in [3.8, 4) is 5.69 Å². The Morgan fingerprint density at radius 2 is 2.05 bits per heavy atom. The fourth-order valence-electron chi connectivity index (χ4n) is 2.43. The van der Waals surface area contributed by atoms with Gasteiger partial charge in [-0.15, -0.1) is 11.6 Å². The lowest BCUT2D eigenvalue weighted by molar-refractivity contribution is 0.327. The van der Waals surface area contributed by atoms with Crippen molar-refractivity contribution in [3.05, 3.63) is 30.3 Å². The zero-order valence-electron chi connectivity index (χ0n) is 10.8. The van der Waals surface area contributed by atoms with E-state index in [4.69, 9.17) is 11.6 Å². The number of hydrogen-bond donors (Lipinski definition) is 0. The molecule has 1 heterocycles. The van der Waals surface area contributed by atoms with Gasteiger partial charge in [0, 0.05) is 19.0 Å². The van der Waals surface area contributed by atoms with Gasteiger partial charge >= 0.3 is 0 Å². The van der Waals surface area contributed by atoms with Gasteiger partial charge in [0.05, 0.1) is 5.69 Å². The Morgan fingerprint density at radius 3 is 2.74 bits per heavy atom. The van der Waals surface area contributed by atoms with E-state index in [2.05, 4.69) is 20.4 Å². The van der Waals surface area contributed by atoms with E-state index >= 15 is 0 Å². The molecule has 0 bridgehead atoms. The van der Waals surface area contributed by atoms with E-state index < -0.39 is 0 Å². The third-order valence-corrected chi connectivity index (χ3v) is 3.86. The van der Waals surface area contributed by atoms with Crippen LogP contribution in [0.25, 0.3) is 5.69 Å². The van der Waals surface area contributed by atoms with Gasteiger partial charge in [0.1, 0.15) is 0 Å². The zero-order chi connectivity index (χ0) is 13.2. The van der Waals surface area contributed by atoms with Crippen LogP contribution in [0.4, 0.5) is 5.95 Å².